The molecule has 5 heteroatoms. The van der Waals surface area contributed by atoms with E-state index in [0.717, 1.165) is 70.6 Å². The highest BCUT2D eigenvalue weighted by molar-refractivity contribution is 5.70. The summed E-state index contributed by atoms with van der Waals surface area (Å²) in [6.07, 6.45) is 57.0. The Hall–Kier alpha value is -2.14. The van der Waals surface area contributed by atoms with Gasteiger partial charge in [0.25, 0.3) is 0 Å². The number of hydrogen-bond acceptors (Lipinski definition) is 5. The molecule has 0 aromatic heterocycles. The Morgan fingerprint density at radius 1 is 0.411 bits per heavy atom. The summed E-state index contributed by atoms with van der Waals surface area (Å²) in [4.78, 5) is 25.2. The first-order chi connectivity index (χ1) is 27.6. The van der Waals surface area contributed by atoms with Gasteiger partial charge in [-0.3, -0.25) is 9.59 Å². The molecule has 0 amide bonds. The minimum absolute atomic E-state index is 0.0769. The van der Waals surface area contributed by atoms with Crippen LogP contribution in [0, 0.1) is 0 Å². The van der Waals surface area contributed by atoms with E-state index in [1.807, 2.05) is 0 Å². The first kappa shape index (κ1) is 53.9. The Bertz CT molecular complexity index is 935. The number of carbonyl (C=O) groups excluding carboxylic acids is 2. The molecular formula is C51H92O5. The lowest BCUT2D eigenvalue weighted by atomic mass is 10.1. The van der Waals surface area contributed by atoms with Crippen molar-refractivity contribution in [3.05, 3.63) is 48.6 Å². The van der Waals surface area contributed by atoms with Crippen LogP contribution in [0.4, 0.5) is 0 Å². The number of carbonyl (C=O) groups is 2. The van der Waals surface area contributed by atoms with Crippen LogP contribution in [0.3, 0.4) is 0 Å². The molecule has 0 rings (SSSR count). The molecule has 56 heavy (non-hydrogen) atoms. The van der Waals surface area contributed by atoms with E-state index in [9.17, 15) is 9.59 Å². The van der Waals surface area contributed by atoms with Crippen LogP contribution in [-0.2, 0) is 23.8 Å². The smallest absolute Gasteiger partial charge is 0.306 e. The maximum atomic E-state index is 12.6. The van der Waals surface area contributed by atoms with Crippen molar-refractivity contribution in [1.82, 2.24) is 0 Å². The van der Waals surface area contributed by atoms with Gasteiger partial charge in [-0.2, -0.15) is 0 Å². The molecule has 5 nitrogen and oxygen atoms in total. The number of hydrogen-bond donors (Lipinski definition) is 0. The summed E-state index contributed by atoms with van der Waals surface area (Å²) in [7, 11) is 0. The van der Waals surface area contributed by atoms with Crippen molar-refractivity contribution < 1.29 is 23.8 Å². The molecule has 0 bridgehead atoms. The highest BCUT2D eigenvalue weighted by Gasteiger charge is 2.17. The molecule has 326 valence electrons. The molecule has 0 aliphatic rings. The fourth-order valence-electron chi connectivity index (χ4n) is 6.75. The molecule has 1 unspecified atom stereocenters. The first-order valence-electron chi connectivity index (χ1n) is 24.2. The first-order valence-corrected chi connectivity index (χ1v) is 24.2. The van der Waals surface area contributed by atoms with Crippen LogP contribution in [0.5, 0.6) is 0 Å². The van der Waals surface area contributed by atoms with E-state index in [1.165, 1.54) is 135 Å². The Labute approximate surface area is 348 Å². The summed E-state index contributed by atoms with van der Waals surface area (Å²) in [5.74, 6) is -0.419. The second kappa shape index (κ2) is 47.2. The summed E-state index contributed by atoms with van der Waals surface area (Å²) < 4.78 is 17.3. The number of unbranched alkanes of at least 4 members (excludes halogenated alkanes) is 25. The van der Waals surface area contributed by atoms with Crippen LogP contribution in [0.15, 0.2) is 48.6 Å². The molecule has 0 saturated carbocycles. The monoisotopic (exact) mass is 785 g/mol. The van der Waals surface area contributed by atoms with E-state index in [0.29, 0.717) is 19.4 Å². The Morgan fingerprint density at radius 2 is 0.804 bits per heavy atom. The van der Waals surface area contributed by atoms with Crippen molar-refractivity contribution in [1.29, 1.82) is 0 Å². The van der Waals surface area contributed by atoms with Gasteiger partial charge < -0.3 is 14.2 Å². The zero-order valence-electron chi connectivity index (χ0n) is 37.4. The lowest BCUT2D eigenvalue weighted by molar-refractivity contribution is -0.163. The lowest BCUT2D eigenvalue weighted by Crippen LogP contribution is -2.30. The second-order valence-corrected chi connectivity index (χ2v) is 16.0. The average molecular weight is 785 g/mol. The zero-order chi connectivity index (χ0) is 40.7. The van der Waals surface area contributed by atoms with Crippen molar-refractivity contribution in [3.63, 3.8) is 0 Å². The van der Waals surface area contributed by atoms with Crippen molar-refractivity contribution in [2.75, 3.05) is 19.8 Å². The summed E-state index contributed by atoms with van der Waals surface area (Å²) in [5, 5.41) is 0. The van der Waals surface area contributed by atoms with Crippen LogP contribution < -0.4 is 0 Å². The van der Waals surface area contributed by atoms with Crippen molar-refractivity contribution >= 4 is 11.9 Å². The summed E-state index contributed by atoms with van der Waals surface area (Å²) in [5.41, 5.74) is 0. The minimum Gasteiger partial charge on any atom is -0.462 e. The van der Waals surface area contributed by atoms with Crippen LogP contribution in [0.25, 0.3) is 0 Å². The molecule has 0 aliphatic carbocycles. The van der Waals surface area contributed by atoms with Crippen molar-refractivity contribution in [2.24, 2.45) is 0 Å². The Morgan fingerprint density at radius 3 is 1.30 bits per heavy atom. The van der Waals surface area contributed by atoms with E-state index in [4.69, 9.17) is 14.2 Å². The fraction of sp³-hybridized carbons (Fsp3) is 0.804. The molecule has 0 aromatic carbocycles. The van der Waals surface area contributed by atoms with Crippen molar-refractivity contribution in [3.8, 4) is 0 Å². The zero-order valence-corrected chi connectivity index (χ0v) is 37.4. The third kappa shape index (κ3) is 44.6. The molecule has 0 radical (unpaired) electrons. The number of rotatable bonds is 44. The normalized spacial score (nSPS) is 12.6. The third-order valence-corrected chi connectivity index (χ3v) is 10.3. The van der Waals surface area contributed by atoms with E-state index >= 15 is 0 Å². The maximum Gasteiger partial charge on any atom is 0.306 e. The van der Waals surface area contributed by atoms with E-state index in [-0.39, 0.29) is 25.2 Å². The fourth-order valence-corrected chi connectivity index (χ4v) is 6.75. The average Bonchev–Trinajstić information content (AvgIpc) is 3.20. The quantitative estimate of drug-likeness (QED) is 0.0350. The van der Waals surface area contributed by atoms with Gasteiger partial charge in [0, 0.05) is 19.4 Å². The van der Waals surface area contributed by atoms with Crippen molar-refractivity contribution in [2.45, 2.75) is 245 Å². The van der Waals surface area contributed by atoms with Crippen LogP contribution in [-0.4, -0.2) is 37.9 Å². The van der Waals surface area contributed by atoms with Gasteiger partial charge in [-0.05, 0) is 77.0 Å². The predicted octanol–water partition coefficient (Wildman–Crippen LogP) is 16.0. The van der Waals surface area contributed by atoms with Gasteiger partial charge in [0.05, 0.1) is 6.61 Å². The molecular weight excluding hydrogens is 693 g/mol. The van der Waals surface area contributed by atoms with Gasteiger partial charge in [-0.15, -0.1) is 0 Å². The lowest BCUT2D eigenvalue weighted by Gasteiger charge is -2.18. The van der Waals surface area contributed by atoms with E-state index in [2.05, 4.69) is 69.4 Å². The molecule has 0 heterocycles. The van der Waals surface area contributed by atoms with Gasteiger partial charge >= 0.3 is 11.9 Å². The topological polar surface area (TPSA) is 61.8 Å². The van der Waals surface area contributed by atoms with E-state index < -0.39 is 6.10 Å². The third-order valence-electron chi connectivity index (χ3n) is 10.3. The number of allylic oxidation sites excluding steroid dienone is 8. The minimum atomic E-state index is -0.539. The summed E-state index contributed by atoms with van der Waals surface area (Å²) >= 11 is 0. The number of ether oxygens (including phenoxy) is 3. The molecule has 0 N–H and O–H groups in total. The maximum absolute atomic E-state index is 12.6. The van der Waals surface area contributed by atoms with Gasteiger partial charge in [0.1, 0.15) is 6.61 Å². The Balaban J connectivity index is 4.14. The molecule has 0 fully saturated rings. The second-order valence-electron chi connectivity index (χ2n) is 16.0. The SMILES string of the molecule is CC/C=C\C/C=C\C/C=C\CCCCCCCC(=O)OCC(COCCCCCCCCCC/C=C\CCCCCCCC)OC(=O)CCCCCCCCC. The van der Waals surface area contributed by atoms with E-state index in [1.54, 1.807) is 0 Å². The number of esters is 2. The van der Waals surface area contributed by atoms with Crippen LogP contribution >= 0.6 is 0 Å². The van der Waals surface area contributed by atoms with Gasteiger partial charge in [-0.1, -0.05) is 198 Å². The molecule has 1 atom stereocenters. The molecule has 0 spiro atoms. The van der Waals surface area contributed by atoms with Gasteiger partial charge in [0.2, 0.25) is 0 Å². The summed E-state index contributed by atoms with van der Waals surface area (Å²) in [6.45, 7) is 7.67. The summed E-state index contributed by atoms with van der Waals surface area (Å²) in [6, 6.07) is 0. The standard InChI is InChI=1S/C51H92O5/c1-4-7-10-13-16-18-20-22-24-25-26-28-30-32-34-37-40-43-46-54-47-49(56-51(53)45-42-39-35-15-12-9-6-3)48-55-50(52)44-41-38-36-33-31-29-27-23-21-19-17-14-11-8-5-2/h8,11,17,19,22-24,27,49H,4-7,9-10,12-16,18,20-21,25-26,28-48H2,1-3H3/b11-8-,19-17-,24-22-,27-23-. The van der Waals surface area contributed by atoms with Gasteiger partial charge in [0.15, 0.2) is 6.10 Å². The van der Waals surface area contributed by atoms with Crippen LogP contribution in [0.2, 0.25) is 0 Å². The highest BCUT2D eigenvalue weighted by Crippen LogP contribution is 2.14. The molecule has 0 saturated heterocycles. The van der Waals surface area contributed by atoms with Gasteiger partial charge in [-0.25, -0.2) is 0 Å². The highest BCUT2D eigenvalue weighted by atomic mass is 16.6. The molecule has 0 aliphatic heterocycles. The Kier molecular flexibility index (Phi) is 45.4. The van der Waals surface area contributed by atoms with Crippen LogP contribution in [0.1, 0.15) is 239 Å². The largest absolute Gasteiger partial charge is 0.462 e. The molecule has 0 aromatic rings. The predicted molar refractivity (Wildman–Crippen MR) is 242 cm³/mol.